The van der Waals surface area contributed by atoms with E-state index in [-0.39, 0.29) is 6.09 Å². The highest BCUT2D eigenvalue weighted by Gasteiger charge is 2.25. The number of nitrogens with two attached hydrogens (primary N) is 1. The van der Waals surface area contributed by atoms with E-state index in [1.807, 2.05) is 26.8 Å². The van der Waals surface area contributed by atoms with Crippen molar-refractivity contribution in [3.05, 3.63) is 29.3 Å². The van der Waals surface area contributed by atoms with E-state index in [4.69, 9.17) is 27.4 Å². The molecule has 1 amide bonds. The summed E-state index contributed by atoms with van der Waals surface area (Å²) in [6.45, 7) is 6.99. The van der Waals surface area contributed by atoms with Gasteiger partial charge in [0, 0.05) is 30.8 Å². The van der Waals surface area contributed by atoms with Crippen molar-refractivity contribution in [2.45, 2.75) is 32.8 Å². The number of aromatic nitrogens is 3. The van der Waals surface area contributed by atoms with Gasteiger partial charge in [0.25, 0.3) is 0 Å². The van der Waals surface area contributed by atoms with E-state index < -0.39 is 5.60 Å². The fourth-order valence-corrected chi connectivity index (χ4v) is 3.50. The molecule has 0 saturated heterocycles. The van der Waals surface area contributed by atoms with Crippen LogP contribution in [-0.2, 0) is 4.74 Å². The predicted octanol–water partition coefficient (Wildman–Crippen LogP) is 3.33. The maximum atomic E-state index is 12.3. The zero-order valence-electron chi connectivity index (χ0n) is 17.6. The molecule has 2 aromatic heterocycles. The molecule has 10 nitrogen and oxygen atoms in total. The topological polar surface area (TPSA) is 130 Å². The van der Waals surface area contributed by atoms with Gasteiger partial charge in [0.2, 0.25) is 0 Å². The van der Waals surface area contributed by atoms with Gasteiger partial charge in [-0.2, -0.15) is 0 Å². The largest absolute Gasteiger partial charge is 0.444 e. The molecular formula is C19H26ClN7O3S. The van der Waals surface area contributed by atoms with Crippen LogP contribution >= 0.6 is 23.5 Å². The molecule has 0 saturated carbocycles. The normalized spacial score (nSPS) is 14.7. The SMILES string of the molecule is CC(C)(C)OC(=O)N1CC=C(c2nc(NCCSN(N)O)c3cc(Cl)ncc3n2)CC1. The van der Waals surface area contributed by atoms with Gasteiger partial charge in [0.05, 0.1) is 11.7 Å². The summed E-state index contributed by atoms with van der Waals surface area (Å²) in [6.07, 6.45) is 3.82. The monoisotopic (exact) mass is 467 g/mol. The molecule has 31 heavy (non-hydrogen) atoms. The Morgan fingerprint density at radius 2 is 2.23 bits per heavy atom. The highest BCUT2D eigenvalue weighted by atomic mass is 35.5. The summed E-state index contributed by atoms with van der Waals surface area (Å²) in [6, 6.07) is 1.71. The summed E-state index contributed by atoms with van der Waals surface area (Å²) in [7, 11) is 0. The van der Waals surface area contributed by atoms with E-state index in [2.05, 4.69) is 20.3 Å². The van der Waals surface area contributed by atoms with Gasteiger partial charge < -0.3 is 15.0 Å². The maximum absolute atomic E-state index is 12.3. The van der Waals surface area contributed by atoms with E-state index in [1.54, 1.807) is 17.2 Å². The average molecular weight is 468 g/mol. The molecule has 0 unspecified atom stereocenters. The number of anilines is 1. The van der Waals surface area contributed by atoms with Gasteiger partial charge in [-0.05, 0) is 50.8 Å². The summed E-state index contributed by atoms with van der Waals surface area (Å²) in [5, 5.41) is 13.4. The van der Waals surface area contributed by atoms with Crippen LogP contribution in [0.15, 0.2) is 18.3 Å². The molecule has 1 aliphatic rings. The second-order valence-electron chi connectivity index (χ2n) is 7.89. The Labute approximate surface area is 189 Å². The average Bonchev–Trinajstić information content (AvgIpc) is 2.70. The smallest absolute Gasteiger partial charge is 0.410 e. The number of ether oxygens (including phenoxy) is 1. The number of carbonyl (C=O) groups excluding carboxylic acids is 1. The summed E-state index contributed by atoms with van der Waals surface area (Å²) in [5.74, 6) is 6.91. The van der Waals surface area contributed by atoms with Crippen LogP contribution in [0.5, 0.6) is 0 Å². The number of nitrogens with one attached hydrogen (secondary N) is 1. The fraction of sp³-hybridized carbons (Fsp3) is 0.474. The van der Waals surface area contributed by atoms with E-state index in [0.717, 1.165) is 22.9 Å². The second kappa shape index (κ2) is 9.96. The van der Waals surface area contributed by atoms with Crippen molar-refractivity contribution >= 4 is 51.9 Å². The highest BCUT2D eigenvalue weighted by molar-refractivity contribution is 7.96. The number of amides is 1. The van der Waals surface area contributed by atoms with Gasteiger partial charge in [0.15, 0.2) is 5.82 Å². The molecule has 0 spiro atoms. The summed E-state index contributed by atoms with van der Waals surface area (Å²) in [4.78, 5) is 27.4. The standard InChI is InChI=1S/C19H26ClN7O3S/c1-19(2,3)30-18(28)26-7-4-12(5-8-26)16-24-14-11-23-15(20)10-13(14)17(25-16)22-6-9-31-27(21)29/h4,10-11,29H,5-9,21H2,1-3H3,(H,22,24,25). The molecule has 0 aliphatic carbocycles. The Kier molecular flexibility index (Phi) is 7.55. The van der Waals surface area contributed by atoms with Crippen LogP contribution in [0.2, 0.25) is 5.15 Å². The van der Waals surface area contributed by atoms with Crippen molar-refractivity contribution < 1.29 is 14.7 Å². The molecular weight excluding hydrogens is 442 g/mol. The first-order valence-electron chi connectivity index (χ1n) is 9.73. The Balaban J connectivity index is 1.80. The van der Waals surface area contributed by atoms with Gasteiger partial charge in [-0.1, -0.05) is 22.3 Å². The Hall–Kier alpha value is -2.18. The molecule has 168 valence electrons. The molecule has 2 aromatic rings. The van der Waals surface area contributed by atoms with Crippen LogP contribution in [0.4, 0.5) is 10.6 Å². The first-order valence-corrected chi connectivity index (χ1v) is 11.1. The Bertz CT molecular complexity index is 981. The van der Waals surface area contributed by atoms with Crippen molar-refractivity contribution in [1.82, 2.24) is 24.4 Å². The van der Waals surface area contributed by atoms with Crippen molar-refractivity contribution in [1.29, 1.82) is 0 Å². The molecule has 0 atom stereocenters. The van der Waals surface area contributed by atoms with Crippen molar-refractivity contribution in [3.63, 3.8) is 0 Å². The lowest BCUT2D eigenvalue weighted by molar-refractivity contribution is 0.0165. The molecule has 3 rings (SSSR count). The number of halogens is 1. The van der Waals surface area contributed by atoms with E-state index in [0.29, 0.717) is 58.7 Å². The van der Waals surface area contributed by atoms with Crippen LogP contribution in [-0.4, -0.2) is 66.7 Å². The Morgan fingerprint density at radius 1 is 1.45 bits per heavy atom. The molecule has 0 fully saturated rings. The third-order valence-corrected chi connectivity index (χ3v) is 5.17. The van der Waals surface area contributed by atoms with E-state index in [9.17, 15) is 4.79 Å². The quantitative estimate of drug-likeness (QED) is 0.191. The van der Waals surface area contributed by atoms with Crippen LogP contribution in [0, 0.1) is 0 Å². The van der Waals surface area contributed by atoms with Crippen LogP contribution in [0.25, 0.3) is 16.5 Å². The number of hydrogen-bond donors (Lipinski definition) is 3. The number of carbonyl (C=O) groups is 1. The number of fused-ring (bicyclic) bond motifs is 1. The zero-order chi connectivity index (χ0) is 22.6. The number of pyridine rings is 1. The molecule has 4 N–H and O–H groups in total. The molecule has 12 heteroatoms. The predicted molar refractivity (Wildman–Crippen MR) is 122 cm³/mol. The van der Waals surface area contributed by atoms with Gasteiger partial charge in [-0.25, -0.2) is 25.6 Å². The van der Waals surface area contributed by atoms with Gasteiger partial charge in [-0.15, -0.1) is 0 Å². The molecule has 1 aliphatic heterocycles. The van der Waals surface area contributed by atoms with E-state index in [1.165, 1.54) is 0 Å². The van der Waals surface area contributed by atoms with E-state index >= 15 is 0 Å². The molecule has 0 aromatic carbocycles. The lowest BCUT2D eigenvalue weighted by atomic mass is 10.1. The number of rotatable bonds is 6. The first-order chi connectivity index (χ1) is 14.6. The molecule has 0 radical (unpaired) electrons. The van der Waals surface area contributed by atoms with Gasteiger partial charge in [-0.3, -0.25) is 5.21 Å². The van der Waals surface area contributed by atoms with Crippen LogP contribution in [0.1, 0.15) is 33.0 Å². The third-order valence-electron chi connectivity index (χ3n) is 4.31. The number of hydrazine groups is 1. The summed E-state index contributed by atoms with van der Waals surface area (Å²) in [5.41, 5.74) is 1.06. The maximum Gasteiger partial charge on any atom is 0.410 e. The number of hydrogen-bond acceptors (Lipinski definition) is 10. The fourth-order valence-electron chi connectivity index (χ4n) is 2.96. The minimum absolute atomic E-state index is 0.334. The first kappa shape index (κ1) is 23.5. The lowest BCUT2D eigenvalue weighted by Crippen LogP contribution is -2.39. The lowest BCUT2D eigenvalue weighted by Gasteiger charge is -2.29. The molecule has 3 heterocycles. The van der Waals surface area contributed by atoms with Gasteiger partial charge >= 0.3 is 6.09 Å². The minimum Gasteiger partial charge on any atom is -0.444 e. The molecule has 0 bridgehead atoms. The number of nitrogens with zero attached hydrogens (tertiary/aromatic N) is 5. The van der Waals surface area contributed by atoms with Crippen molar-refractivity contribution in [2.24, 2.45) is 5.84 Å². The van der Waals surface area contributed by atoms with Gasteiger partial charge in [0.1, 0.15) is 16.6 Å². The Morgan fingerprint density at radius 3 is 2.87 bits per heavy atom. The summed E-state index contributed by atoms with van der Waals surface area (Å²) < 4.78 is 6.01. The minimum atomic E-state index is -0.535. The van der Waals surface area contributed by atoms with Crippen molar-refractivity contribution in [3.8, 4) is 0 Å². The zero-order valence-corrected chi connectivity index (χ0v) is 19.2. The summed E-state index contributed by atoms with van der Waals surface area (Å²) >= 11 is 7.12. The van der Waals surface area contributed by atoms with Crippen LogP contribution in [0.3, 0.4) is 0 Å². The second-order valence-corrected chi connectivity index (χ2v) is 9.32. The third kappa shape index (κ3) is 6.65. The van der Waals surface area contributed by atoms with Crippen molar-refractivity contribution in [2.75, 3.05) is 30.7 Å². The van der Waals surface area contributed by atoms with Crippen LogP contribution < -0.4 is 11.2 Å². The highest BCUT2D eigenvalue weighted by Crippen LogP contribution is 2.27.